The number of thioether (sulfide) groups is 1. The highest BCUT2D eigenvalue weighted by molar-refractivity contribution is 8.18. The molecule has 4 aromatic rings. The molecule has 1 aliphatic rings. The lowest BCUT2D eigenvalue weighted by atomic mass is 10.1. The number of ether oxygens (including phenoxy) is 1. The average molecular weight is 559 g/mol. The number of rotatable bonds is 8. The second kappa shape index (κ2) is 11.5. The summed E-state index contributed by atoms with van der Waals surface area (Å²) in [6.45, 7) is -0.484. The molecule has 2 heterocycles. The maximum Gasteiger partial charge on any atom is 0.294 e. The number of halogens is 1. The number of fused-ring (bicyclic) bond motifs is 1. The minimum atomic E-state index is -0.587. The van der Waals surface area contributed by atoms with Gasteiger partial charge >= 0.3 is 0 Å². The van der Waals surface area contributed by atoms with Gasteiger partial charge in [-0.2, -0.15) is 0 Å². The summed E-state index contributed by atoms with van der Waals surface area (Å²) in [4.78, 5) is 52.1. The van der Waals surface area contributed by atoms with Crippen molar-refractivity contribution in [3.05, 3.63) is 95.3 Å². The molecule has 0 bridgehead atoms. The molecular formula is C29H23FN4O5S. The van der Waals surface area contributed by atoms with E-state index < -0.39 is 29.4 Å². The fourth-order valence-electron chi connectivity index (χ4n) is 4.27. The van der Waals surface area contributed by atoms with Crippen molar-refractivity contribution in [2.75, 3.05) is 24.3 Å². The van der Waals surface area contributed by atoms with Crippen LogP contribution in [0.25, 0.3) is 17.0 Å². The zero-order valence-corrected chi connectivity index (χ0v) is 22.0. The summed E-state index contributed by atoms with van der Waals surface area (Å²) in [7, 11) is 1.47. The predicted molar refractivity (Wildman–Crippen MR) is 151 cm³/mol. The number of nitrogens with one attached hydrogen (secondary N) is 2. The van der Waals surface area contributed by atoms with E-state index in [-0.39, 0.29) is 17.4 Å². The van der Waals surface area contributed by atoms with Crippen LogP contribution in [-0.2, 0) is 20.9 Å². The first-order chi connectivity index (χ1) is 19.3. The third kappa shape index (κ3) is 5.74. The average Bonchev–Trinajstić information content (AvgIpc) is 3.41. The summed E-state index contributed by atoms with van der Waals surface area (Å²) < 4.78 is 20.1. The van der Waals surface area contributed by atoms with Crippen molar-refractivity contribution in [3.63, 3.8) is 0 Å². The summed E-state index contributed by atoms with van der Waals surface area (Å²) >= 11 is 0.742. The van der Waals surface area contributed by atoms with E-state index in [4.69, 9.17) is 4.74 Å². The Bertz CT molecular complexity index is 1660. The second-order valence-corrected chi connectivity index (χ2v) is 9.79. The van der Waals surface area contributed by atoms with Crippen LogP contribution in [0.1, 0.15) is 5.56 Å². The van der Waals surface area contributed by atoms with Gasteiger partial charge in [0.15, 0.2) is 0 Å². The predicted octanol–water partition coefficient (Wildman–Crippen LogP) is 5.10. The van der Waals surface area contributed by atoms with Gasteiger partial charge in [0, 0.05) is 28.4 Å². The van der Waals surface area contributed by atoms with Gasteiger partial charge in [-0.05, 0) is 60.3 Å². The Hall–Kier alpha value is -4.90. The van der Waals surface area contributed by atoms with E-state index in [0.29, 0.717) is 22.7 Å². The van der Waals surface area contributed by atoms with Crippen molar-refractivity contribution in [1.82, 2.24) is 9.47 Å². The number of imide groups is 1. The van der Waals surface area contributed by atoms with Crippen LogP contribution in [0.15, 0.2) is 83.9 Å². The first kappa shape index (κ1) is 26.7. The molecule has 1 aromatic heterocycles. The molecular weight excluding hydrogens is 535 g/mol. The van der Waals surface area contributed by atoms with Gasteiger partial charge in [-0.1, -0.05) is 30.3 Å². The molecule has 1 saturated heterocycles. The molecule has 0 spiro atoms. The van der Waals surface area contributed by atoms with Gasteiger partial charge in [0.05, 0.1) is 17.7 Å². The Morgan fingerprint density at radius 1 is 0.925 bits per heavy atom. The second-order valence-electron chi connectivity index (χ2n) is 8.80. The molecule has 40 heavy (non-hydrogen) atoms. The van der Waals surface area contributed by atoms with Crippen molar-refractivity contribution in [1.29, 1.82) is 0 Å². The summed E-state index contributed by atoms with van der Waals surface area (Å²) in [6, 6.07) is 19.6. The number of hydrogen-bond acceptors (Lipinski definition) is 6. The SMILES string of the molecule is COc1ccccc1NC(=O)CN1C(=O)S/C(=C\c2cn(CC(=O)Nc3ccc(F)cc3)c3ccccc23)C1=O. The van der Waals surface area contributed by atoms with E-state index in [2.05, 4.69) is 10.6 Å². The Kier molecular flexibility index (Phi) is 7.65. The van der Waals surface area contributed by atoms with Gasteiger partial charge in [0.25, 0.3) is 11.1 Å². The molecule has 0 radical (unpaired) electrons. The van der Waals surface area contributed by atoms with Gasteiger partial charge in [-0.15, -0.1) is 0 Å². The van der Waals surface area contributed by atoms with E-state index in [0.717, 1.165) is 27.6 Å². The van der Waals surface area contributed by atoms with Crippen LogP contribution in [0.3, 0.4) is 0 Å². The van der Waals surface area contributed by atoms with E-state index >= 15 is 0 Å². The summed E-state index contributed by atoms with van der Waals surface area (Å²) in [5, 5.41) is 5.60. The maximum absolute atomic E-state index is 13.2. The highest BCUT2D eigenvalue weighted by atomic mass is 32.2. The van der Waals surface area contributed by atoms with Crippen LogP contribution in [0, 0.1) is 5.82 Å². The fourth-order valence-corrected chi connectivity index (χ4v) is 5.10. The minimum absolute atomic E-state index is 0.0314. The number of amides is 4. The largest absolute Gasteiger partial charge is 0.495 e. The molecule has 4 amide bonds. The normalized spacial score (nSPS) is 14.2. The first-order valence-electron chi connectivity index (χ1n) is 12.1. The number of carbonyl (C=O) groups excluding carboxylic acids is 4. The van der Waals surface area contributed by atoms with E-state index in [9.17, 15) is 23.6 Å². The van der Waals surface area contributed by atoms with E-state index in [1.54, 1.807) is 41.1 Å². The topological polar surface area (TPSA) is 110 Å². The van der Waals surface area contributed by atoms with Crippen molar-refractivity contribution < 1.29 is 28.3 Å². The first-order valence-corrected chi connectivity index (χ1v) is 13.0. The molecule has 0 unspecified atom stereocenters. The van der Waals surface area contributed by atoms with Crippen LogP contribution < -0.4 is 15.4 Å². The summed E-state index contributed by atoms with van der Waals surface area (Å²) in [5.41, 5.74) is 2.27. The Labute approximate surface area is 232 Å². The van der Waals surface area contributed by atoms with Crippen LogP contribution in [0.2, 0.25) is 0 Å². The number of nitrogens with zero attached hydrogens (tertiary/aromatic N) is 2. The molecule has 5 rings (SSSR count). The lowest BCUT2D eigenvalue weighted by Crippen LogP contribution is -2.36. The van der Waals surface area contributed by atoms with Crippen LogP contribution in [0.5, 0.6) is 5.75 Å². The zero-order valence-electron chi connectivity index (χ0n) is 21.2. The number of hydrogen-bond donors (Lipinski definition) is 2. The third-order valence-corrected chi connectivity index (χ3v) is 7.01. The smallest absolute Gasteiger partial charge is 0.294 e. The number of anilines is 2. The number of aromatic nitrogens is 1. The highest BCUT2D eigenvalue weighted by Gasteiger charge is 2.36. The number of carbonyl (C=O) groups is 4. The Morgan fingerprint density at radius 3 is 2.40 bits per heavy atom. The Morgan fingerprint density at radius 2 is 1.62 bits per heavy atom. The van der Waals surface area contributed by atoms with Crippen molar-refractivity contribution >= 4 is 63.1 Å². The lowest BCUT2D eigenvalue weighted by Gasteiger charge is -2.14. The number of benzene rings is 3. The van der Waals surface area contributed by atoms with Gasteiger partial charge in [-0.25, -0.2) is 4.39 Å². The van der Waals surface area contributed by atoms with Crippen LogP contribution in [-0.4, -0.2) is 46.1 Å². The Balaban J connectivity index is 1.33. The van der Waals surface area contributed by atoms with E-state index in [1.165, 1.54) is 31.4 Å². The van der Waals surface area contributed by atoms with Gasteiger partial charge < -0.3 is 19.9 Å². The van der Waals surface area contributed by atoms with Crippen molar-refractivity contribution in [3.8, 4) is 5.75 Å². The fraction of sp³-hybridized carbons (Fsp3) is 0.103. The quantitative estimate of drug-likeness (QED) is 0.291. The molecule has 0 saturated carbocycles. The van der Waals surface area contributed by atoms with Gasteiger partial charge in [0.1, 0.15) is 24.7 Å². The van der Waals surface area contributed by atoms with Crippen molar-refractivity contribution in [2.24, 2.45) is 0 Å². The molecule has 1 fully saturated rings. The molecule has 1 aliphatic heterocycles. The molecule has 9 nitrogen and oxygen atoms in total. The monoisotopic (exact) mass is 558 g/mol. The molecule has 3 aromatic carbocycles. The summed E-state index contributed by atoms with van der Waals surface area (Å²) in [6.07, 6.45) is 3.30. The number of para-hydroxylation sites is 3. The molecule has 11 heteroatoms. The zero-order chi connectivity index (χ0) is 28.2. The summed E-state index contributed by atoms with van der Waals surface area (Å²) in [5.74, 6) is -1.40. The maximum atomic E-state index is 13.2. The highest BCUT2D eigenvalue weighted by Crippen LogP contribution is 2.34. The van der Waals surface area contributed by atoms with Gasteiger partial charge in [-0.3, -0.25) is 24.1 Å². The molecule has 0 aliphatic carbocycles. The number of methoxy groups -OCH3 is 1. The van der Waals surface area contributed by atoms with Crippen molar-refractivity contribution in [2.45, 2.75) is 6.54 Å². The standard InChI is InChI=1S/C29H23FN4O5S/c1-39-24-9-5-3-7-22(24)32-27(36)17-34-28(37)25(40-29(34)38)14-18-15-33(23-8-4-2-6-21(18)23)16-26(35)31-20-12-10-19(30)11-13-20/h2-15H,16-17H2,1H3,(H,31,35)(H,32,36)/b25-14-. The van der Waals surface area contributed by atoms with E-state index in [1.807, 2.05) is 24.3 Å². The lowest BCUT2D eigenvalue weighted by molar-refractivity contribution is -0.127. The van der Waals surface area contributed by atoms with Crippen LogP contribution in [0.4, 0.5) is 20.6 Å². The molecule has 202 valence electrons. The minimum Gasteiger partial charge on any atom is -0.495 e. The third-order valence-electron chi connectivity index (χ3n) is 6.10. The van der Waals surface area contributed by atoms with Gasteiger partial charge in [0.2, 0.25) is 11.8 Å². The molecule has 0 atom stereocenters. The molecule has 2 N–H and O–H groups in total. The van der Waals surface area contributed by atoms with Crippen LogP contribution >= 0.6 is 11.8 Å².